The molecule has 1 N–H and O–H groups in total. The number of anilines is 3. The highest BCUT2D eigenvalue weighted by Crippen LogP contribution is 2.31. The molecule has 0 atom stereocenters. The summed E-state index contributed by atoms with van der Waals surface area (Å²) < 4.78 is 0. The van der Waals surface area contributed by atoms with Gasteiger partial charge >= 0.3 is 0 Å². The second kappa shape index (κ2) is 7.45. The number of para-hydroxylation sites is 2. The van der Waals surface area contributed by atoms with Gasteiger partial charge in [0.1, 0.15) is 5.69 Å². The molecule has 1 fully saturated rings. The molecule has 2 amide bonds. The Kier molecular flexibility index (Phi) is 5.07. The van der Waals surface area contributed by atoms with Gasteiger partial charge in [-0.05, 0) is 30.7 Å². The molecule has 140 valence electrons. The molecule has 0 unspecified atom stereocenters. The molecule has 0 spiro atoms. The number of nitrogens with one attached hydrogen (secondary N) is 1. The molecule has 8 heteroatoms. The van der Waals surface area contributed by atoms with Crippen LogP contribution >= 0.6 is 0 Å². The van der Waals surface area contributed by atoms with Crippen molar-refractivity contribution in [2.24, 2.45) is 0 Å². The molecule has 27 heavy (non-hydrogen) atoms. The van der Waals surface area contributed by atoms with Gasteiger partial charge in [-0.25, -0.2) is 0 Å². The first-order chi connectivity index (χ1) is 12.9. The van der Waals surface area contributed by atoms with E-state index in [1.165, 1.54) is 6.07 Å². The van der Waals surface area contributed by atoms with Crippen molar-refractivity contribution in [2.45, 2.75) is 12.8 Å². The van der Waals surface area contributed by atoms with Crippen LogP contribution in [0.25, 0.3) is 0 Å². The van der Waals surface area contributed by atoms with E-state index in [4.69, 9.17) is 0 Å². The monoisotopic (exact) mass is 368 g/mol. The summed E-state index contributed by atoms with van der Waals surface area (Å²) in [7, 11) is 3.40. The summed E-state index contributed by atoms with van der Waals surface area (Å²) in [5.41, 5.74) is 1.58. The highest BCUT2D eigenvalue weighted by Gasteiger charge is 2.25. The molecule has 2 aromatic rings. The lowest BCUT2D eigenvalue weighted by molar-refractivity contribution is -0.384. The van der Waals surface area contributed by atoms with Crippen molar-refractivity contribution in [1.82, 2.24) is 0 Å². The Bertz CT molecular complexity index is 910. The van der Waals surface area contributed by atoms with Gasteiger partial charge in [0, 0.05) is 38.7 Å². The van der Waals surface area contributed by atoms with Crippen molar-refractivity contribution < 1.29 is 14.5 Å². The van der Waals surface area contributed by atoms with Gasteiger partial charge in [0.05, 0.1) is 16.3 Å². The van der Waals surface area contributed by atoms with E-state index in [2.05, 4.69) is 5.32 Å². The molecule has 1 aliphatic heterocycles. The molecular formula is C19H20N4O4. The molecule has 8 nitrogen and oxygen atoms in total. The van der Waals surface area contributed by atoms with Gasteiger partial charge < -0.3 is 15.1 Å². The fourth-order valence-corrected chi connectivity index (χ4v) is 3.10. The number of carbonyl (C=O) groups is 2. The molecule has 1 aliphatic rings. The molecule has 2 aromatic carbocycles. The van der Waals surface area contributed by atoms with Gasteiger partial charge in [-0.1, -0.05) is 12.1 Å². The van der Waals surface area contributed by atoms with Crippen LogP contribution < -0.4 is 15.1 Å². The number of benzene rings is 2. The number of nitro benzene ring substituents is 1. The molecule has 0 bridgehead atoms. The summed E-state index contributed by atoms with van der Waals surface area (Å²) in [6.07, 6.45) is 1.26. The summed E-state index contributed by atoms with van der Waals surface area (Å²) >= 11 is 0. The third-order valence-electron chi connectivity index (χ3n) is 4.43. The Morgan fingerprint density at radius 3 is 2.59 bits per heavy atom. The minimum Gasteiger partial charge on any atom is -0.372 e. The summed E-state index contributed by atoms with van der Waals surface area (Å²) in [6.45, 7) is 0.606. The van der Waals surface area contributed by atoms with E-state index in [0.717, 1.165) is 6.42 Å². The Labute approximate surface area is 156 Å². The van der Waals surface area contributed by atoms with Crippen LogP contribution in [0.1, 0.15) is 23.2 Å². The van der Waals surface area contributed by atoms with Crippen LogP contribution in [-0.4, -0.2) is 37.4 Å². The zero-order valence-electron chi connectivity index (χ0n) is 15.1. The summed E-state index contributed by atoms with van der Waals surface area (Å²) in [6, 6.07) is 11.4. The Balaban J connectivity index is 1.90. The minimum atomic E-state index is -0.511. The zero-order valence-corrected chi connectivity index (χ0v) is 15.1. The van der Waals surface area contributed by atoms with Gasteiger partial charge in [0.25, 0.3) is 11.6 Å². The second-order valence-electron chi connectivity index (χ2n) is 6.48. The number of rotatable bonds is 5. The van der Waals surface area contributed by atoms with Crippen LogP contribution in [-0.2, 0) is 4.79 Å². The smallest absolute Gasteiger partial charge is 0.293 e. The average Bonchev–Trinajstić information content (AvgIpc) is 3.07. The third kappa shape index (κ3) is 3.74. The van der Waals surface area contributed by atoms with Crippen LogP contribution in [0.4, 0.5) is 22.7 Å². The number of nitrogens with zero attached hydrogens (tertiary/aromatic N) is 3. The van der Waals surface area contributed by atoms with Crippen molar-refractivity contribution in [3.05, 3.63) is 58.1 Å². The third-order valence-corrected chi connectivity index (χ3v) is 4.43. The van der Waals surface area contributed by atoms with E-state index in [0.29, 0.717) is 30.0 Å². The van der Waals surface area contributed by atoms with Gasteiger partial charge in [-0.2, -0.15) is 0 Å². The predicted molar refractivity (Wildman–Crippen MR) is 103 cm³/mol. The lowest BCUT2D eigenvalue weighted by Gasteiger charge is -2.20. The molecule has 0 aliphatic carbocycles. The van der Waals surface area contributed by atoms with E-state index < -0.39 is 10.8 Å². The van der Waals surface area contributed by atoms with Crippen molar-refractivity contribution >= 4 is 34.6 Å². The maximum absolute atomic E-state index is 12.7. The van der Waals surface area contributed by atoms with Gasteiger partial charge in [0.2, 0.25) is 5.91 Å². The number of hydrogen-bond acceptors (Lipinski definition) is 5. The number of carbonyl (C=O) groups excluding carboxylic acids is 2. The van der Waals surface area contributed by atoms with Crippen LogP contribution in [0.3, 0.4) is 0 Å². The number of hydrogen-bond donors (Lipinski definition) is 1. The van der Waals surface area contributed by atoms with E-state index in [1.807, 2.05) is 0 Å². The molecule has 1 heterocycles. The van der Waals surface area contributed by atoms with Gasteiger partial charge in [-0.15, -0.1) is 0 Å². The van der Waals surface area contributed by atoms with E-state index in [1.54, 1.807) is 60.3 Å². The minimum absolute atomic E-state index is 0.0164. The first-order valence-electron chi connectivity index (χ1n) is 8.55. The highest BCUT2D eigenvalue weighted by molar-refractivity contribution is 6.08. The summed E-state index contributed by atoms with van der Waals surface area (Å²) in [5.74, 6) is -0.454. The first kappa shape index (κ1) is 18.4. The lowest BCUT2D eigenvalue weighted by Crippen LogP contribution is -2.25. The molecule has 1 saturated heterocycles. The quantitative estimate of drug-likeness (QED) is 0.646. The fourth-order valence-electron chi connectivity index (χ4n) is 3.10. The molecule has 0 saturated carbocycles. The normalized spacial score (nSPS) is 13.6. The van der Waals surface area contributed by atoms with Gasteiger partial charge in [-0.3, -0.25) is 19.7 Å². The highest BCUT2D eigenvalue weighted by atomic mass is 16.6. The standard InChI is InChI=1S/C19H20N4O4/c1-21(2)16-10-9-13(12-17(16)23(26)27)19(25)20-14-6-3-4-7-15(14)22-11-5-8-18(22)24/h3-4,6-7,9-10,12H,5,8,11H2,1-2H3,(H,20,25). The lowest BCUT2D eigenvalue weighted by atomic mass is 10.1. The van der Waals surface area contributed by atoms with E-state index >= 15 is 0 Å². The Morgan fingerprint density at radius 2 is 1.96 bits per heavy atom. The van der Waals surface area contributed by atoms with Crippen molar-refractivity contribution in [3.8, 4) is 0 Å². The number of amides is 2. The molecule has 3 rings (SSSR count). The first-order valence-corrected chi connectivity index (χ1v) is 8.55. The summed E-state index contributed by atoms with van der Waals surface area (Å²) in [4.78, 5) is 38.8. The number of nitro groups is 1. The maximum atomic E-state index is 12.7. The van der Waals surface area contributed by atoms with Crippen LogP contribution in [0.5, 0.6) is 0 Å². The topological polar surface area (TPSA) is 95.8 Å². The zero-order chi connectivity index (χ0) is 19.6. The molecule has 0 aromatic heterocycles. The van der Waals surface area contributed by atoms with Gasteiger partial charge in [0.15, 0.2) is 0 Å². The Morgan fingerprint density at radius 1 is 1.22 bits per heavy atom. The van der Waals surface area contributed by atoms with Crippen molar-refractivity contribution in [2.75, 3.05) is 35.8 Å². The molecule has 0 radical (unpaired) electrons. The van der Waals surface area contributed by atoms with Crippen LogP contribution in [0.2, 0.25) is 0 Å². The summed E-state index contributed by atoms with van der Waals surface area (Å²) in [5, 5.41) is 14.1. The fraction of sp³-hybridized carbons (Fsp3) is 0.263. The molecular weight excluding hydrogens is 348 g/mol. The average molecular weight is 368 g/mol. The Hall–Kier alpha value is -3.42. The van der Waals surface area contributed by atoms with Crippen LogP contribution in [0, 0.1) is 10.1 Å². The predicted octanol–water partition coefficient (Wildman–Crippen LogP) is 3.04. The van der Waals surface area contributed by atoms with Crippen molar-refractivity contribution in [3.63, 3.8) is 0 Å². The van der Waals surface area contributed by atoms with E-state index in [-0.39, 0.29) is 17.2 Å². The van der Waals surface area contributed by atoms with Crippen LogP contribution in [0.15, 0.2) is 42.5 Å². The van der Waals surface area contributed by atoms with Crippen molar-refractivity contribution in [1.29, 1.82) is 0 Å². The second-order valence-corrected chi connectivity index (χ2v) is 6.48. The maximum Gasteiger partial charge on any atom is 0.293 e. The largest absolute Gasteiger partial charge is 0.372 e. The SMILES string of the molecule is CN(C)c1ccc(C(=O)Nc2ccccc2N2CCCC2=O)cc1[N+](=O)[O-]. The van der Waals surface area contributed by atoms with E-state index in [9.17, 15) is 19.7 Å².